The van der Waals surface area contributed by atoms with Crippen LogP contribution in [0.3, 0.4) is 0 Å². The number of nitrogens with one attached hydrogen (secondary N) is 2. The van der Waals surface area contributed by atoms with Crippen molar-refractivity contribution in [2.45, 2.75) is 6.42 Å². The van der Waals surface area contributed by atoms with Gasteiger partial charge < -0.3 is 5.11 Å². The van der Waals surface area contributed by atoms with Gasteiger partial charge in [0.2, 0.25) is 0 Å². The number of anilines is 1. The van der Waals surface area contributed by atoms with Crippen molar-refractivity contribution >= 4 is 21.8 Å². The van der Waals surface area contributed by atoms with Crippen molar-refractivity contribution in [2.75, 3.05) is 10.8 Å². The number of phenolic OH excluding ortho intramolecular Hbond substituents is 1. The van der Waals surface area contributed by atoms with Crippen LogP contribution in [0, 0.1) is 17.1 Å². The summed E-state index contributed by atoms with van der Waals surface area (Å²) in [5, 5.41) is 24.9. The van der Waals surface area contributed by atoms with E-state index in [0.29, 0.717) is 10.00 Å². The lowest BCUT2D eigenvalue weighted by Gasteiger charge is -2.18. The Morgan fingerprint density at radius 1 is 1.46 bits per heavy atom. The van der Waals surface area contributed by atoms with Gasteiger partial charge in [-0.2, -0.15) is 18.8 Å². The van der Waals surface area contributed by atoms with Crippen LogP contribution in [-0.4, -0.2) is 36.2 Å². The molecule has 3 rings (SSSR count). The van der Waals surface area contributed by atoms with E-state index in [4.69, 9.17) is 5.26 Å². The maximum atomic E-state index is 14.8. The highest BCUT2D eigenvalue weighted by Gasteiger charge is 2.38. The summed E-state index contributed by atoms with van der Waals surface area (Å²) in [6.07, 6.45) is 0.0159. The van der Waals surface area contributed by atoms with E-state index in [2.05, 4.69) is 10.2 Å². The van der Waals surface area contributed by atoms with Gasteiger partial charge in [0, 0.05) is 5.56 Å². The molecule has 1 aromatic heterocycles. The van der Waals surface area contributed by atoms with Crippen LogP contribution in [0.2, 0.25) is 0 Å². The van der Waals surface area contributed by atoms with Crippen LogP contribution >= 0.6 is 0 Å². The second kappa shape index (κ2) is 5.50. The van der Waals surface area contributed by atoms with Crippen molar-refractivity contribution < 1.29 is 22.7 Å². The number of hydrogen-bond donors (Lipinski definition) is 3. The molecule has 1 saturated heterocycles. The number of hydrogen-bond acceptors (Lipinski definition) is 6. The van der Waals surface area contributed by atoms with Crippen LogP contribution < -0.4 is 9.03 Å². The van der Waals surface area contributed by atoms with Gasteiger partial charge in [-0.1, -0.05) is 0 Å². The Hall–Kier alpha value is -3.13. The van der Waals surface area contributed by atoms with E-state index in [9.17, 15) is 22.7 Å². The highest BCUT2D eigenvalue weighted by molar-refractivity contribution is 7.92. The van der Waals surface area contributed by atoms with Crippen LogP contribution in [0.1, 0.15) is 5.69 Å². The minimum Gasteiger partial charge on any atom is -0.506 e. The van der Waals surface area contributed by atoms with Gasteiger partial charge in [-0.15, -0.1) is 0 Å². The number of carbonyl (C=O) groups excluding carboxylic acids is 1. The molecule has 1 aliphatic rings. The van der Waals surface area contributed by atoms with Gasteiger partial charge in [-0.25, -0.2) is 13.4 Å². The first-order valence-corrected chi connectivity index (χ1v) is 8.04. The molecule has 9 nitrogen and oxygen atoms in total. The monoisotopic (exact) mass is 351 g/mol. The van der Waals surface area contributed by atoms with E-state index in [1.165, 1.54) is 12.1 Å². The molecule has 0 atom stereocenters. The Labute approximate surface area is 135 Å². The highest BCUT2D eigenvalue weighted by atomic mass is 32.2. The lowest BCUT2D eigenvalue weighted by Crippen LogP contribution is -2.30. The Kier molecular flexibility index (Phi) is 3.61. The second-order valence-electron chi connectivity index (χ2n) is 4.94. The van der Waals surface area contributed by atoms with Gasteiger partial charge in [-0.3, -0.25) is 9.89 Å². The van der Waals surface area contributed by atoms with Crippen molar-refractivity contribution in [1.82, 2.24) is 14.9 Å². The number of aromatic amines is 1. The van der Waals surface area contributed by atoms with E-state index in [-0.39, 0.29) is 17.7 Å². The molecule has 0 bridgehead atoms. The number of nitrogens with zero attached hydrogens (tertiary/aromatic N) is 3. The number of amides is 1. The minimum atomic E-state index is -4.27. The van der Waals surface area contributed by atoms with Crippen molar-refractivity contribution in [1.29, 1.82) is 5.26 Å². The number of H-pyrrole nitrogens is 1. The molecule has 1 aromatic carbocycles. The van der Waals surface area contributed by atoms with E-state index < -0.39 is 39.9 Å². The average molecular weight is 351 g/mol. The lowest BCUT2D eigenvalue weighted by atomic mass is 10.1. The maximum Gasteiger partial charge on any atom is 0.326 e. The smallest absolute Gasteiger partial charge is 0.326 e. The topological polar surface area (TPSA) is 139 Å². The number of aromatic nitrogens is 2. The fraction of sp³-hybridized carbons (Fsp3) is 0.154. The van der Waals surface area contributed by atoms with Crippen LogP contribution in [-0.2, 0) is 21.4 Å². The quantitative estimate of drug-likeness (QED) is 0.720. The van der Waals surface area contributed by atoms with Gasteiger partial charge in [0.25, 0.3) is 5.91 Å². The van der Waals surface area contributed by atoms with E-state index in [1.54, 1.807) is 4.72 Å². The van der Waals surface area contributed by atoms with Crippen molar-refractivity contribution in [3.05, 3.63) is 29.7 Å². The molecule has 1 aliphatic heterocycles. The maximum absolute atomic E-state index is 14.8. The highest BCUT2D eigenvalue weighted by Crippen LogP contribution is 2.38. The fourth-order valence-corrected chi connectivity index (χ4v) is 3.48. The SMILES string of the molecule is N#CCc1cc(-c2ccc(O)c(N3CC(=O)NS3(=O)=O)c2F)[nH]n1. The lowest BCUT2D eigenvalue weighted by molar-refractivity contribution is -0.117. The van der Waals surface area contributed by atoms with Gasteiger partial charge in [-0.05, 0) is 18.2 Å². The van der Waals surface area contributed by atoms with Gasteiger partial charge in [0.05, 0.1) is 23.9 Å². The summed E-state index contributed by atoms with van der Waals surface area (Å²) in [7, 11) is -4.27. The summed E-state index contributed by atoms with van der Waals surface area (Å²) >= 11 is 0. The fourth-order valence-electron chi connectivity index (χ4n) is 2.32. The summed E-state index contributed by atoms with van der Waals surface area (Å²) in [6.45, 7) is -0.640. The zero-order chi connectivity index (χ0) is 17.5. The average Bonchev–Trinajstić information content (AvgIpc) is 3.04. The van der Waals surface area contributed by atoms with E-state index in [1.807, 2.05) is 6.07 Å². The standard InChI is InChI=1S/C13H10FN5O4S/c14-12-8(9-5-7(3-4-15)16-17-9)1-2-10(20)13(12)19-6-11(21)18-24(19,22)23/h1-2,5,20H,3,6H2,(H,16,17)(H,18,21). The minimum absolute atomic E-state index is 0.0159. The van der Waals surface area contributed by atoms with Gasteiger partial charge in [0.1, 0.15) is 18.0 Å². The molecule has 0 radical (unpaired) electrons. The van der Waals surface area contributed by atoms with Gasteiger partial charge in [0.15, 0.2) is 5.82 Å². The number of carbonyl (C=O) groups is 1. The molecular formula is C13H10FN5O4S. The summed E-state index contributed by atoms with van der Waals surface area (Å²) in [5.41, 5.74) is -0.113. The van der Waals surface area contributed by atoms with Crippen molar-refractivity contribution in [3.8, 4) is 23.1 Å². The van der Waals surface area contributed by atoms with Crippen LogP contribution in [0.15, 0.2) is 18.2 Å². The largest absolute Gasteiger partial charge is 0.506 e. The number of nitriles is 1. The van der Waals surface area contributed by atoms with Crippen LogP contribution in [0.25, 0.3) is 11.3 Å². The first-order valence-electron chi connectivity index (χ1n) is 6.60. The third-order valence-corrected chi connectivity index (χ3v) is 4.72. The molecule has 1 amide bonds. The molecule has 24 heavy (non-hydrogen) atoms. The number of phenols is 1. The predicted octanol–water partition coefficient (Wildman–Crippen LogP) is 0.168. The molecule has 0 aliphatic carbocycles. The van der Waals surface area contributed by atoms with Crippen molar-refractivity contribution in [3.63, 3.8) is 0 Å². The second-order valence-corrected chi connectivity index (χ2v) is 6.53. The number of halogens is 1. The zero-order valence-electron chi connectivity index (χ0n) is 11.9. The van der Waals surface area contributed by atoms with Crippen LogP contribution in [0.5, 0.6) is 5.75 Å². The number of benzene rings is 1. The molecule has 3 N–H and O–H groups in total. The van der Waals surface area contributed by atoms with E-state index >= 15 is 0 Å². The van der Waals surface area contributed by atoms with Crippen LogP contribution in [0.4, 0.5) is 10.1 Å². The van der Waals surface area contributed by atoms with Crippen molar-refractivity contribution in [2.24, 2.45) is 0 Å². The molecule has 11 heteroatoms. The molecule has 2 aromatic rings. The predicted molar refractivity (Wildman–Crippen MR) is 79.4 cm³/mol. The molecule has 0 unspecified atom stereocenters. The Morgan fingerprint density at radius 3 is 2.83 bits per heavy atom. The summed E-state index contributed by atoms with van der Waals surface area (Å²) < 4.78 is 40.7. The molecule has 0 saturated carbocycles. The third kappa shape index (κ3) is 2.52. The number of rotatable bonds is 3. The Morgan fingerprint density at radius 2 is 2.21 bits per heavy atom. The first-order chi connectivity index (χ1) is 11.3. The number of aromatic hydroxyl groups is 1. The normalized spacial score (nSPS) is 16.0. The Bertz CT molecular complexity index is 979. The first kappa shape index (κ1) is 15.8. The van der Waals surface area contributed by atoms with E-state index in [0.717, 1.165) is 6.07 Å². The summed E-state index contributed by atoms with van der Waals surface area (Å²) in [4.78, 5) is 11.3. The molecule has 1 fully saturated rings. The third-order valence-electron chi connectivity index (χ3n) is 3.35. The zero-order valence-corrected chi connectivity index (χ0v) is 12.8. The molecule has 0 spiro atoms. The summed E-state index contributed by atoms with van der Waals surface area (Å²) in [5.74, 6) is -2.51. The Balaban J connectivity index is 2.12. The summed E-state index contributed by atoms with van der Waals surface area (Å²) in [6, 6.07) is 5.67. The molecule has 124 valence electrons. The van der Waals surface area contributed by atoms with Gasteiger partial charge >= 0.3 is 10.2 Å². The molecular weight excluding hydrogens is 341 g/mol. The molecule has 2 heterocycles.